The van der Waals surface area contributed by atoms with E-state index in [4.69, 9.17) is 11.0 Å². The van der Waals surface area contributed by atoms with E-state index in [-0.39, 0.29) is 16.9 Å². The third-order valence-electron chi connectivity index (χ3n) is 4.04. The van der Waals surface area contributed by atoms with Crippen molar-refractivity contribution in [2.75, 3.05) is 5.73 Å². The molecule has 0 unspecified atom stereocenters. The summed E-state index contributed by atoms with van der Waals surface area (Å²) in [6.07, 6.45) is 3.02. The zero-order valence-electron chi connectivity index (χ0n) is 13.6. The minimum absolute atomic E-state index is 0.00682. The summed E-state index contributed by atoms with van der Waals surface area (Å²) in [4.78, 5) is 36.3. The summed E-state index contributed by atoms with van der Waals surface area (Å²) in [5.74, 6) is -1.31. The van der Waals surface area contributed by atoms with Gasteiger partial charge in [-0.3, -0.25) is 24.3 Å². The highest BCUT2D eigenvalue weighted by Gasteiger charge is 2.32. The maximum atomic E-state index is 12.5. The number of nitrogens with one attached hydrogen (secondary N) is 1. The summed E-state index contributed by atoms with van der Waals surface area (Å²) in [5.41, 5.74) is 8.43. The summed E-state index contributed by atoms with van der Waals surface area (Å²) in [6, 6.07) is 6.66. The van der Waals surface area contributed by atoms with E-state index >= 15 is 0 Å². The van der Waals surface area contributed by atoms with Crippen LogP contribution in [-0.4, -0.2) is 16.4 Å². The van der Waals surface area contributed by atoms with Gasteiger partial charge in [0.2, 0.25) is 0 Å². The first-order chi connectivity index (χ1) is 11.8. The van der Waals surface area contributed by atoms with Crippen LogP contribution in [0, 0.1) is 25.2 Å². The van der Waals surface area contributed by atoms with Crippen LogP contribution in [0.25, 0.3) is 11.8 Å². The molecule has 7 heteroatoms. The van der Waals surface area contributed by atoms with Crippen molar-refractivity contribution in [3.63, 3.8) is 0 Å². The number of carbonyl (C=O) groups excluding carboxylic acids is 2. The van der Waals surface area contributed by atoms with Gasteiger partial charge in [-0.2, -0.15) is 5.26 Å². The molecule has 2 aromatic rings. The molecule has 124 valence electrons. The molecule has 0 radical (unpaired) electrons. The smallest absolute Gasteiger partial charge is 0.262 e. The maximum absolute atomic E-state index is 12.5. The number of imide groups is 1. The Morgan fingerprint density at radius 3 is 2.36 bits per heavy atom. The predicted octanol–water partition coefficient (Wildman–Crippen LogP) is 1.46. The van der Waals surface area contributed by atoms with E-state index in [0.29, 0.717) is 5.69 Å². The molecule has 3 N–H and O–H groups in total. The Bertz CT molecular complexity index is 1050. The molecule has 0 bridgehead atoms. The minimum Gasteiger partial charge on any atom is -0.384 e. The fourth-order valence-corrected chi connectivity index (χ4v) is 3.08. The number of aromatic nitrogens is 1. The molecule has 3 rings (SSSR count). The third-order valence-corrected chi connectivity index (χ3v) is 4.04. The molecule has 0 aliphatic carbocycles. The number of nitriles is 1. The van der Waals surface area contributed by atoms with Crippen LogP contribution >= 0.6 is 0 Å². The van der Waals surface area contributed by atoms with Crippen LogP contribution in [0.15, 0.2) is 29.1 Å². The Morgan fingerprint density at radius 1 is 1.12 bits per heavy atom. The number of fused-ring (bicyclic) bond motifs is 1. The molecule has 2 amide bonds. The van der Waals surface area contributed by atoms with E-state index < -0.39 is 17.4 Å². The first kappa shape index (κ1) is 16.2. The van der Waals surface area contributed by atoms with Crippen molar-refractivity contribution in [2.45, 2.75) is 13.8 Å². The summed E-state index contributed by atoms with van der Waals surface area (Å²) >= 11 is 0. The highest BCUT2D eigenvalue weighted by Crippen LogP contribution is 2.27. The van der Waals surface area contributed by atoms with Crippen LogP contribution in [0.3, 0.4) is 0 Å². The molecule has 7 nitrogen and oxygen atoms in total. The Labute approximate surface area is 143 Å². The average Bonchev–Trinajstić information content (AvgIpc) is 2.81. The van der Waals surface area contributed by atoms with Crippen LogP contribution in [-0.2, 0) is 0 Å². The van der Waals surface area contributed by atoms with Gasteiger partial charge < -0.3 is 5.73 Å². The molecular formula is C18H14N4O3. The molecular weight excluding hydrogens is 320 g/mol. The van der Waals surface area contributed by atoms with E-state index in [2.05, 4.69) is 5.32 Å². The van der Waals surface area contributed by atoms with Gasteiger partial charge in [0.05, 0.1) is 22.9 Å². The van der Waals surface area contributed by atoms with Gasteiger partial charge in [-0.25, -0.2) is 0 Å². The van der Waals surface area contributed by atoms with Crippen LogP contribution < -0.4 is 16.6 Å². The zero-order valence-corrected chi connectivity index (χ0v) is 13.6. The summed E-state index contributed by atoms with van der Waals surface area (Å²) < 4.78 is 1.24. The predicted molar refractivity (Wildman–Crippen MR) is 92.4 cm³/mol. The Hall–Kier alpha value is -3.66. The van der Waals surface area contributed by atoms with Crippen molar-refractivity contribution in [3.05, 3.63) is 62.4 Å². The zero-order chi connectivity index (χ0) is 18.3. The Kier molecular flexibility index (Phi) is 3.73. The minimum atomic E-state index is -0.624. The van der Waals surface area contributed by atoms with Gasteiger partial charge >= 0.3 is 0 Å². The number of benzene rings is 1. The number of allylic oxidation sites excluding steroid dienone is 1. The lowest BCUT2D eigenvalue weighted by molar-refractivity contribution is 0.0880. The van der Waals surface area contributed by atoms with E-state index in [1.165, 1.54) is 10.6 Å². The highest BCUT2D eigenvalue weighted by atomic mass is 16.2. The number of amides is 2. The lowest BCUT2D eigenvalue weighted by Crippen LogP contribution is -2.25. The number of hydrogen-bond donors (Lipinski definition) is 2. The van der Waals surface area contributed by atoms with E-state index in [0.717, 1.165) is 22.8 Å². The molecule has 1 aliphatic rings. The number of nitrogens with two attached hydrogens (primary N) is 1. The SMILES string of the molecule is Cc1cc(C=CC#N)cc(C)c1-n1c(N)c2c(cc1=O)C(=O)NC2=O. The molecule has 1 aromatic heterocycles. The van der Waals surface area contributed by atoms with Crippen LogP contribution in [0.5, 0.6) is 0 Å². The van der Waals surface area contributed by atoms with E-state index in [9.17, 15) is 14.4 Å². The third kappa shape index (κ3) is 2.50. The number of hydrogen-bond acceptors (Lipinski definition) is 5. The number of anilines is 1. The molecule has 0 saturated carbocycles. The number of carbonyl (C=O) groups is 2. The Morgan fingerprint density at radius 2 is 1.76 bits per heavy atom. The molecule has 1 aromatic carbocycles. The summed E-state index contributed by atoms with van der Waals surface area (Å²) in [7, 11) is 0. The second-order valence-corrected chi connectivity index (χ2v) is 5.74. The number of pyridine rings is 1. The summed E-state index contributed by atoms with van der Waals surface area (Å²) in [6.45, 7) is 3.60. The second kappa shape index (κ2) is 5.76. The largest absolute Gasteiger partial charge is 0.384 e. The highest BCUT2D eigenvalue weighted by molar-refractivity contribution is 6.23. The Balaban J connectivity index is 2.29. The van der Waals surface area contributed by atoms with Crippen molar-refractivity contribution in [1.82, 2.24) is 9.88 Å². The molecule has 0 saturated heterocycles. The van der Waals surface area contributed by atoms with Crippen molar-refractivity contribution >= 4 is 23.7 Å². The van der Waals surface area contributed by atoms with Crippen molar-refractivity contribution < 1.29 is 9.59 Å². The quantitative estimate of drug-likeness (QED) is 0.636. The van der Waals surface area contributed by atoms with Crippen LogP contribution in [0.4, 0.5) is 5.82 Å². The van der Waals surface area contributed by atoms with Gasteiger partial charge in [-0.05, 0) is 48.7 Å². The van der Waals surface area contributed by atoms with Gasteiger partial charge in [0.15, 0.2) is 0 Å². The van der Waals surface area contributed by atoms with Gasteiger partial charge in [-0.15, -0.1) is 0 Å². The molecule has 1 aliphatic heterocycles. The fraction of sp³-hybridized carbons (Fsp3) is 0.111. The number of rotatable bonds is 2. The number of aryl methyl sites for hydroxylation is 2. The van der Waals surface area contributed by atoms with Gasteiger partial charge in [0, 0.05) is 12.1 Å². The van der Waals surface area contributed by atoms with Crippen molar-refractivity contribution in [1.29, 1.82) is 5.26 Å². The van der Waals surface area contributed by atoms with Gasteiger partial charge in [0.1, 0.15) is 5.82 Å². The molecule has 25 heavy (non-hydrogen) atoms. The maximum Gasteiger partial charge on any atom is 0.262 e. The number of nitrogen functional groups attached to an aromatic ring is 1. The lowest BCUT2D eigenvalue weighted by Gasteiger charge is -2.17. The second-order valence-electron chi connectivity index (χ2n) is 5.74. The van der Waals surface area contributed by atoms with Gasteiger partial charge in [-0.1, -0.05) is 0 Å². The first-order valence-corrected chi connectivity index (χ1v) is 7.44. The monoisotopic (exact) mass is 334 g/mol. The molecule has 0 atom stereocenters. The van der Waals surface area contributed by atoms with E-state index in [1.807, 2.05) is 6.07 Å². The van der Waals surface area contributed by atoms with E-state index in [1.54, 1.807) is 32.1 Å². The molecule has 0 spiro atoms. The summed E-state index contributed by atoms with van der Waals surface area (Å²) in [5, 5.41) is 10.8. The van der Waals surface area contributed by atoms with Crippen molar-refractivity contribution in [3.8, 4) is 11.8 Å². The number of nitrogens with zero attached hydrogens (tertiary/aromatic N) is 2. The molecule has 2 heterocycles. The van der Waals surface area contributed by atoms with Gasteiger partial charge in [0.25, 0.3) is 17.4 Å². The molecule has 0 fully saturated rings. The van der Waals surface area contributed by atoms with Crippen LogP contribution in [0.1, 0.15) is 37.4 Å². The lowest BCUT2D eigenvalue weighted by atomic mass is 10.0. The average molecular weight is 334 g/mol. The van der Waals surface area contributed by atoms with Crippen molar-refractivity contribution in [2.24, 2.45) is 0 Å². The first-order valence-electron chi connectivity index (χ1n) is 7.44. The fourth-order valence-electron chi connectivity index (χ4n) is 3.08. The standard InChI is InChI=1S/C18H14N4O3/c1-9-6-11(4-3-5-19)7-10(2)15(9)22-13(23)8-12-14(16(22)20)18(25)21-17(12)24/h3-4,6-8H,20H2,1-2H3,(H,21,24,25). The topological polar surface area (TPSA) is 118 Å². The van der Waals surface area contributed by atoms with Crippen LogP contribution in [0.2, 0.25) is 0 Å². The normalized spacial score (nSPS) is 13.0.